The molecule has 1 fully saturated rings. The zero-order valence-electron chi connectivity index (χ0n) is 14.0. The molecule has 128 valence electrons. The molecule has 0 saturated carbocycles. The lowest BCUT2D eigenvalue weighted by Crippen LogP contribution is -2.52. The van der Waals surface area contributed by atoms with Crippen molar-refractivity contribution in [3.63, 3.8) is 0 Å². The van der Waals surface area contributed by atoms with Crippen LogP contribution in [0, 0.1) is 6.92 Å². The Kier molecular flexibility index (Phi) is 7.52. The van der Waals surface area contributed by atoms with Crippen LogP contribution in [0.3, 0.4) is 0 Å². The van der Waals surface area contributed by atoms with Gasteiger partial charge >= 0.3 is 0 Å². The second-order valence-corrected chi connectivity index (χ2v) is 6.01. The molecule has 0 aromatic heterocycles. The predicted octanol–water partition coefficient (Wildman–Crippen LogP) is 1.80. The zero-order valence-corrected chi connectivity index (χ0v) is 14.8. The van der Waals surface area contributed by atoms with Gasteiger partial charge in [0.2, 0.25) is 11.8 Å². The third-order valence-electron chi connectivity index (χ3n) is 4.06. The van der Waals surface area contributed by atoms with Crippen molar-refractivity contribution in [2.24, 2.45) is 0 Å². The van der Waals surface area contributed by atoms with Gasteiger partial charge in [-0.1, -0.05) is 29.8 Å². The predicted molar refractivity (Wildman–Crippen MR) is 93.6 cm³/mol. The van der Waals surface area contributed by atoms with Gasteiger partial charge in [0.05, 0.1) is 12.5 Å². The van der Waals surface area contributed by atoms with Crippen molar-refractivity contribution in [2.45, 2.75) is 39.3 Å². The van der Waals surface area contributed by atoms with Crippen molar-refractivity contribution in [1.29, 1.82) is 0 Å². The van der Waals surface area contributed by atoms with E-state index in [1.807, 2.05) is 43.0 Å². The highest BCUT2D eigenvalue weighted by molar-refractivity contribution is 5.85. The quantitative estimate of drug-likeness (QED) is 0.879. The minimum atomic E-state index is -0.271. The number of aryl methyl sites for hydroxylation is 1. The molecule has 1 unspecified atom stereocenters. The largest absolute Gasteiger partial charge is 0.349 e. The van der Waals surface area contributed by atoms with Crippen LogP contribution in [0.2, 0.25) is 0 Å². The first kappa shape index (κ1) is 19.5. The molecule has 0 aliphatic carbocycles. The van der Waals surface area contributed by atoms with Crippen LogP contribution in [0.1, 0.15) is 37.4 Å². The number of halogens is 1. The first-order valence-electron chi connectivity index (χ1n) is 7.81. The average Bonchev–Trinajstić information content (AvgIpc) is 2.47. The second-order valence-electron chi connectivity index (χ2n) is 6.01. The lowest BCUT2D eigenvalue weighted by Gasteiger charge is -2.35. The van der Waals surface area contributed by atoms with E-state index in [4.69, 9.17) is 0 Å². The number of rotatable bonds is 4. The first-order chi connectivity index (χ1) is 10.5. The Labute approximate surface area is 144 Å². The monoisotopic (exact) mass is 339 g/mol. The molecule has 5 nitrogen and oxygen atoms in total. The molecule has 2 atom stereocenters. The van der Waals surface area contributed by atoms with Crippen LogP contribution in [-0.4, -0.2) is 42.4 Å². The van der Waals surface area contributed by atoms with Crippen LogP contribution >= 0.6 is 12.4 Å². The molecule has 6 heteroatoms. The Morgan fingerprint density at radius 1 is 1.35 bits per heavy atom. The summed E-state index contributed by atoms with van der Waals surface area (Å²) in [6, 6.07) is 7.88. The van der Waals surface area contributed by atoms with Crippen LogP contribution < -0.4 is 10.6 Å². The molecular weight excluding hydrogens is 314 g/mol. The Bertz CT molecular complexity index is 533. The van der Waals surface area contributed by atoms with Crippen molar-refractivity contribution in [2.75, 3.05) is 19.6 Å². The van der Waals surface area contributed by atoms with Crippen LogP contribution in [0.5, 0.6) is 0 Å². The first-order valence-corrected chi connectivity index (χ1v) is 7.81. The van der Waals surface area contributed by atoms with Gasteiger partial charge < -0.3 is 15.5 Å². The highest BCUT2D eigenvalue weighted by Crippen LogP contribution is 2.20. The Morgan fingerprint density at radius 3 is 2.57 bits per heavy atom. The fourth-order valence-corrected chi connectivity index (χ4v) is 2.80. The smallest absolute Gasteiger partial charge is 0.225 e. The van der Waals surface area contributed by atoms with E-state index in [2.05, 4.69) is 10.6 Å². The number of carbonyl (C=O) groups excluding carboxylic acids is 2. The van der Waals surface area contributed by atoms with E-state index < -0.39 is 0 Å². The lowest BCUT2D eigenvalue weighted by molar-refractivity contribution is -0.134. The van der Waals surface area contributed by atoms with E-state index >= 15 is 0 Å². The van der Waals surface area contributed by atoms with Gasteiger partial charge in [0.25, 0.3) is 0 Å². The third kappa shape index (κ3) is 5.52. The molecule has 0 spiro atoms. The van der Waals surface area contributed by atoms with E-state index in [1.165, 1.54) is 6.92 Å². The van der Waals surface area contributed by atoms with Gasteiger partial charge in [-0.25, -0.2) is 0 Å². The van der Waals surface area contributed by atoms with Crippen LogP contribution in [0.15, 0.2) is 24.3 Å². The van der Waals surface area contributed by atoms with E-state index in [1.54, 1.807) is 0 Å². The molecule has 1 aliphatic rings. The van der Waals surface area contributed by atoms with E-state index in [-0.39, 0.29) is 36.3 Å². The Morgan fingerprint density at radius 2 is 2.00 bits per heavy atom. The molecule has 1 aromatic carbocycles. The number of nitrogens with zero attached hydrogens (tertiary/aromatic N) is 1. The molecule has 1 aromatic rings. The van der Waals surface area contributed by atoms with Gasteiger partial charge in [-0.3, -0.25) is 9.59 Å². The SMILES string of the molecule is CC(=O)NC(CC(=O)N1CCNC[C@H]1C)c1ccc(C)cc1.Cl. The summed E-state index contributed by atoms with van der Waals surface area (Å²) in [4.78, 5) is 26.0. The normalized spacial score (nSPS) is 18.7. The summed E-state index contributed by atoms with van der Waals surface area (Å²) in [6.07, 6.45) is 0.299. The molecule has 0 bridgehead atoms. The van der Waals surface area contributed by atoms with Gasteiger partial charge in [-0.2, -0.15) is 0 Å². The van der Waals surface area contributed by atoms with Gasteiger partial charge in [-0.15, -0.1) is 12.4 Å². The summed E-state index contributed by atoms with van der Waals surface area (Å²) < 4.78 is 0. The van der Waals surface area contributed by atoms with Crippen molar-refractivity contribution in [1.82, 2.24) is 15.5 Å². The molecule has 2 rings (SSSR count). The standard InChI is InChI=1S/C17H25N3O2.ClH/c1-12-4-6-15(7-5-12)16(19-14(3)21)10-17(22)20-9-8-18-11-13(20)2;/h4-7,13,16,18H,8-11H2,1-3H3,(H,19,21);1H/t13-,16?;/m1./s1. The summed E-state index contributed by atoms with van der Waals surface area (Å²) in [5.41, 5.74) is 2.13. The number of hydrogen-bond acceptors (Lipinski definition) is 3. The minimum absolute atomic E-state index is 0. The van der Waals surface area contributed by atoms with Gasteiger partial charge in [0, 0.05) is 32.6 Å². The van der Waals surface area contributed by atoms with E-state index in [0.717, 1.165) is 30.8 Å². The number of carbonyl (C=O) groups is 2. The molecule has 1 heterocycles. The summed E-state index contributed by atoms with van der Waals surface area (Å²) in [5, 5.41) is 6.18. The Hall–Kier alpha value is -1.59. The Balaban J connectivity index is 0.00000264. The summed E-state index contributed by atoms with van der Waals surface area (Å²) in [6.45, 7) is 7.92. The number of nitrogens with one attached hydrogen (secondary N) is 2. The number of benzene rings is 1. The van der Waals surface area contributed by atoms with E-state index in [0.29, 0.717) is 6.42 Å². The van der Waals surface area contributed by atoms with Crippen molar-refractivity contribution < 1.29 is 9.59 Å². The molecule has 1 aliphatic heterocycles. The average molecular weight is 340 g/mol. The van der Waals surface area contributed by atoms with Crippen molar-refractivity contribution in [3.05, 3.63) is 35.4 Å². The fraction of sp³-hybridized carbons (Fsp3) is 0.529. The number of amides is 2. The topological polar surface area (TPSA) is 61.4 Å². The molecule has 2 N–H and O–H groups in total. The maximum Gasteiger partial charge on any atom is 0.225 e. The summed E-state index contributed by atoms with van der Waals surface area (Å²) in [5.74, 6) is -0.0277. The number of piperazine rings is 1. The van der Waals surface area contributed by atoms with Crippen LogP contribution in [0.4, 0.5) is 0 Å². The van der Waals surface area contributed by atoms with Gasteiger partial charge in [0.15, 0.2) is 0 Å². The number of hydrogen-bond donors (Lipinski definition) is 2. The van der Waals surface area contributed by atoms with Crippen molar-refractivity contribution in [3.8, 4) is 0 Å². The highest BCUT2D eigenvalue weighted by Gasteiger charge is 2.26. The maximum absolute atomic E-state index is 12.6. The maximum atomic E-state index is 12.6. The lowest BCUT2D eigenvalue weighted by atomic mass is 10.0. The van der Waals surface area contributed by atoms with E-state index in [9.17, 15) is 9.59 Å². The molecule has 1 saturated heterocycles. The highest BCUT2D eigenvalue weighted by atomic mass is 35.5. The zero-order chi connectivity index (χ0) is 16.1. The molecule has 2 amide bonds. The third-order valence-corrected chi connectivity index (χ3v) is 4.06. The second kappa shape index (κ2) is 8.89. The van der Waals surface area contributed by atoms with Crippen LogP contribution in [0.25, 0.3) is 0 Å². The summed E-state index contributed by atoms with van der Waals surface area (Å²) >= 11 is 0. The molecular formula is C17H26ClN3O2. The minimum Gasteiger partial charge on any atom is -0.349 e. The van der Waals surface area contributed by atoms with Crippen molar-refractivity contribution >= 4 is 24.2 Å². The van der Waals surface area contributed by atoms with Crippen LogP contribution in [-0.2, 0) is 9.59 Å². The fourth-order valence-electron chi connectivity index (χ4n) is 2.80. The molecule has 0 radical (unpaired) electrons. The molecule has 23 heavy (non-hydrogen) atoms. The van der Waals surface area contributed by atoms with Gasteiger partial charge in [-0.05, 0) is 19.4 Å². The van der Waals surface area contributed by atoms with Gasteiger partial charge in [0.1, 0.15) is 0 Å². The summed E-state index contributed by atoms with van der Waals surface area (Å²) in [7, 11) is 0.